The normalized spacial score (nSPS) is 30.2. The SMILES string of the molecule is CNC1(C(=O)O)CCCC(SCCOC)C1. The molecule has 5 heteroatoms. The Hall–Kier alpha value is -0.260. The summed E-state index contributed by atoms with van der Waals surface area (Å²) in [7, 11) is 3.44. The van der Waals surface area contributed by atoms with Gasteiger partial charge in [0.1, 0.15) is 5.54 Å². The van der Waals surface area contributed by atoms with E-state index in [9.17, 15) is 9.90 Å². The Balaban J connectivity index is 2.48. The van der Waals surface area contributed by atoms with Gasteiger partial charge in [0.15, 0.2) is 0 Å². The van der Waals surface area contributed by atoms with Crippen molar-refractivity contribution in [2.75, 3.05) is 26.5 Å². The molecule has 1 fully saturated rings. The Morgan fingerprint density at radius 2 is 2.44 bits per heavy atom. The van der Waals surface area contributed by atoms with Crippen LogP contribution in [0.5, 0.6) is 0 Å². The maximum atomic E-state index is 11.3. The lowest BCUT2D eigenvalue weighted by Crippen LogP contribution is -2.54. The molecule has 0 aromatic carbocycles. The van der Waals surface area contributed by atoms with E-state index in [2.05, 4.69) is 5.32 Å². The minimum Gasteiger partial charge on any atom is -0.480 e. The smallest absolute Gasteiger partial charge is 0.323 e. The van der Waals surface area contributed by atoms with Crippen LogP contribution in [-0.2, 0) is 9.53 Å². The van der Waals surface area contributed by atoms with Gasteiger partial charge < -0.3 is 15.2 Å². The minimum absolute atomic E-state index is 0.437. The maximum absolute atomic E-state index is 11.3. The van der Waals surface area contributed by atoms with E-state index in [0.29, 0.717) is 11.7 Å². The number of nitrogens with one attached hydrogen (secondary N) is 1. The molecular weight excluding hydrogens is 226 g/mol. The molecule has 0 amide bonds. The van der Waals surface area contributed by atoms with Crippen molar-refractivity contribution in [2.24, 2.45) is 0 Å². The first-order valence-corrected chi connectivity index (χ1v) is 6.72. The van der Waals surface area contributed by atoms with Crippen molar-refractivity contribution in [3.8, 4) is 0 Å². The van der Waals surface area contributed by atoms with Gasteiger partial charge in [-0.15, -0.1) is 0 Å². The summed E-state index contributed by atoms with van der Waals surface area (Å²) >= 11 is 1.83. The van der Waals surface area contributed by atoms with Crippen molar-refractivity contribution < 1.29 is 14.6 Å². The Kier molecular flexibility index (Phi) is 5.58. The van der Waals surface area contributed by atoms with Crippen LogP contribution in [0.15, 0.2) is 0 Å². The first-order valence-electron chi connectivity index (χ1n) is 5.67. The largest absolute Gasteiger partial charge is 0.480 e. The molecule has 16 heavy (non-hydrogen) atoms. The second-order valence-corrected chi connectivity index (χ2v) is 5.63. The van der Waals surface area contributed by atoms with Crippen LogP contribution in [0.1, 0.15) is 25.7 Å². The molecule has 0 heterocycles. The Bertz CT molecular complexity index is 237. The molecule has 1 rings (SSSR count). The highest BCUT2D eigenvalue weighted by molar-refractivity contribution is 7.99. The van der Waals surface area contributed by atoms with Gasteiger partial charge in [0.05, 0.1) is 6.61 Å². The third-order valence-electron chi connectivity index (χ3n) is 3.23. The number of hydrogen-bond acceptors (Lipinski definition) is 4. The quantitative estimate of drug-likeness (QED) is 0.694. The molecule has 0 aromatic heterocycles. The highest BCUT2D eigenvalue weighted by atomic mass is 32.2. The third-order valence-corrected chi connectivity index (χ3v) is 4.51. The minimum atomic E-state index is -0.716. The average molecular weight is 247 g/mol. The molecule has 2 N–H and O–H groups in total. The molecule has 0 saturated heterocycles. The first-order chi connectivity index (χ1) is 7.64. The van der Waals surface area contributed by atoms with Crippen LogP contribution in [0.2, 0.25) is 0 Å². The number of carboxylic acid groups (broad SMARTS) is 1. The summed E-state index contributed by atoms with van der Waals surface area (Å²) in [6, 6.07) is 0. The van der Waals surface area contributed by atoms with Crippen LogP contribution in [0.25, 0.3) is 0 Å². The van der Waals surface area contributed by atoms with E-state index in [0.717, 1.165) is 31.6 Å². The van der Waals surface area contributed by atoms with Crippen LogP contribution in [0, 0.1) is 0 Å². The fraction of sp³-hybridized carbons (Fsp3) is 0.909. The zero-order valence-corrected chi connectivity index (χ0v) is 10.8. The standard InChI is InChI=1S/C11H21NO3S/c1-12-11(10(13)14)5-3-4-9(8-11)16-7-6-15-2/h9,12H,3-8H2,1-2H3,(H,13,14). The molecule has 0 radical (unpaired) electrons. The lowest BCUT2D eigenvalue weighted by molar-refractivity contribution is -0.146. The topological polar surface area (TPSA) is 58.6 Å². The molecule has 0 aromatic rings. The number of ether oxygens (including phenoxy) is 1. The van der Waals surface area contributed by atoms with Crippen molar-refractivity contribution in [2.45, 2.75) is 36.5 Å². The molecular formula is C11H21NO3S. The summed E-state index contributed by atoms with van der Waals surface area (Å²) in [5, 5.41) is 12.7. The fourth-order valence-corrected chi connectivity index (χ4v) is 3.52. The van der Waals surface area contributed by atoms with Crippen molar-refractivity contribution >= 4 is 17.7 Å². The highest BCUT2D eigenvalue weighted by Gasteiger charge is 2.41. The molecule has 1 aliphatic carbocycles. The van der Waals surface area contributed by atoms with Crippen LogP contribution in [0.4, 0.5) is 0 Å². The second-order valence-electron chi connectivity index (χ2n) is 4.22. The van der Waals surface area contributed by atoms with Crippen molar-refractivity contribution in [1.82, 2.24) is 5.32 Å². The number of aliphatic carboxylic acids is 1. The molecule has 4 nitrogen and oxygen atoms in total. The summed E-state index contributed by atoms with van der Waals surface area (Å²) in [5.74, 6) is 0.229. The average Bonchev–Trinajstić information content (AvgIpc) is 2.29. The molecule has 2 atom stereocenters. The number of methoxy groups -OCH3 is 1. The zero-order valence-electron chi connectivity index (χ0n) is 9.99. The summed E-state index contributed by atoms with van der Waals surface area (Å²) in [6.45, 7) is 0.737. The third kappa shape index (κ3) is 3.37. The van der Waals surface area contributed by atoms with Crippen LogP contribution < -0.4 is 5.32 Å². The number of hydrogen-bond donors (Lipinski definition) is 2. The van der Waals surface area contributed by atoms with Crippen molar-refractivity contribution in [3.63, 3.8) is 0 Å². The van der Waals surface area contributed by atoms with Gasteiger partial charge in [0, 0.05) is 18.1 Å². The monoisotopic (exact) mass is 247 g/mol. The number of carbonyl (C=O) groups is 1. The Morgan fingerprint density at radius 3 is 3.00 bits per heavy atom. The van der Waals surface area contributed by atoms with E-state index in [1.807, 2.05) is 11.8 Å². The van der Waals surface area contributed by atoms with Crippen molar-refractivity contribution in [1.29, 1.82) is 0 Å². The Labute approximate surface area is 101 Å². The van der Waals surface area contributed by atoms with Gasteiger partial charge in [0.2, 0.25) is 0 Å². The van der Waals surface area contributed by atoms with Gasteiger partial charge in [-0.3, -0.25) is 4.79 Å². The maximum Gasteiger partial charge on any atom is 0.323 e. The Morgan fingerprint density at radius 1 is 1.69 bits per heavy atom. The van der Waals surface area contributed by atoms with Gasteiger partial charge in [0.25, 0.3) is 0 Å². The molecule has 1 saturated carbocycles. The van der Waals surface area contributed by atoms with E-state index in [1.165, 1.54) is 0 Å². The molecule has 0 bridgehead atoms. The lowest BCUT2D eigenvalue weighted by Gasteiger charge is -2.37. The number of carboxylic acids is 1. The van der Waals surface area contributed by atoms with Gasteiger partial charge in [-0.05, 0) is 32.7 Å². The molecule has 0 spiro atoms. The number of thioether (sulfide) groups is 1. The molecule has 0 aliphatic heterocycles. The van der Waals surface area contributed by atoms with Crippen molar-refractivity contribution in [3.05, 3.63) is 0 Å². The molecule has 94 valence electrons. The van der Waals surface area contributed by atoms with Crippen LogP contribution in [0.3, 0.4) is 0 Å². The fourth-order valence-electron chi connectivity index (χ4n) is 2.19. The van der Waals surface area contributed by atoms with E-state index in [4.69, 9.17) is 4.74 Å². The van der Waals surface area contributed by atoms with Gasteiger partial charge in [-0.2, -0.15) is 11.8 Å². The lowest BCUT2D eigenvalue weighted by atomic mass is 9.81. The van der Waals surface area contributed by atoms with E-state index >= 15 is 0 Å². The second kappa shape index (κ2) is 6.47. The predicted molar refractivity (Wildman–Crippen MR) is 66.0 cm³/mol. The number of rotatable bonds is 6. The molecule has 1 aliphatic rings. The van der Waals surface area contributed by atoms with Crippen LogP contribution in [-0.4, -0.2) is 48.4 Å². The highest BCUT2D eigenvalue weighted by Crippen LogP contribution is 2.35. The van der Waals surface area contributed by atoms with E-state index in [1.54, 1.807) is 14.2 Å². The summed E-state index contributed by atoms with van der Waals surface area (Å²) in [4.78, 5) is 11.3. The predicted octanol–water partition coefficient (Wildman–Crippen LogP) is 1.35. The van der Waals surface area contributed by atoms with E-state index < -0.39 is 11.5 Å². The van der Waals surface area contributed by atoms with Crippen LogP contribution >= 0.6 is 11.8 Å². The first kappa shape index (κ1) is 13.8. The van der Waals surface area contributed by atoms with Gasteiger partial charge >= 0.3 is 5.97 Å². The summed E-state index contributed by atoms with van der Waals surface area (Å²) < 4.78 is 5.01. The summed E-state index contributed by atoms with van der Waals surface area (Å²) in [5.41, 5.74) is -0.705. The van der Waals surface area contributed by atoms with Gasteiger partial charge in [-0.25, -0.2) is 0 Å². The van der Waals surface area contributed by atoms with Gasteiger partial charge in [-0.1, -0.05) is 0 Å². The zero-order chi connectivity index (χ0) is 12.0. The van der Waals surface area contributed by atoms with E-state index in [-0.39, 0.29) is 0 Å². The number of likely N-dealkylation sites (N-methyl/N-ethyl adjacent to an activating group) is 1. The molecule has 2 unspecified atom stereocenters. The summed E-state index contributed by atoms with van der Waals surface area (Å²) in [6.07, 6.45) is 3.55.